The number of hydrogen-bond acceptors (Lipinski definition) is 3. The first-order valence-corrected chi connectivity index (χ1v) is 3.72. The Hall–Kier alpha value is -1.50. The largest absolute Gasteiger partial charge is 0.478 e. The van der Waals surface area contributed by atoms with Crippen LogP contribution in [0.4, 0.5) is 0 Å². The summed E-state index contributed by atoms with van der Waals surface area (Å²) in [6.45, 7) is 3.20. The second kappa shape index (κ2) is 6.23. The van der Waals surface area contributed by atoms with Crippen LogP contribution in [0.5, 0.6) is 0 Å². The average molecular weight is 168 g/mol. The summed E-state index contributed by atoms with van der Waals surface area (Å²) in [4.78, 5) is 11.9. The van der Waals surface area contributed by atoms with E-state index >= 15 is 0 Å². The van der Waals surface area contributed by atoms with Gasteiger partial charge in [-0.05, 0) is 6.92 Å². The zero-order valence-electron chi connectivity index (χ0n) is 7.03. The molecule has 66 valence electrons. The fraction of sp³-hybridized carbons (Fsp3) is 0.500. The fourth-order valence-corrected chi connectivity index (χ4v) is 0.701. The first-order chi connectivity index (χ1) is 5.70. The predicted octanol–water partition coefficient (Wildman–Crippen LogP) is 0.820. The molecule has 0 aliphatic carbocycles. The van der Waals surface area contributed by atoms with E-state index in [1.54, 1.807) is 4.90 Å². The van der Waals surface area contributed by atoms with Gasteiger partial charge in [0.05, 0.1) is 12.5 Å². The van der Waals surface area contributed by atoms with Gasteiger partial charge in [0.15, 0.2) is 0 Å². The summed E-state index contributed by atoms with van der Waals surface area (Å²) in [5.74, 6) is -0.967. The minimum atomic E-state index is -0.967. The summed E-state index contributed by atoms with van der Waals surface area (Å²) in [7, 11) is 0. The normalized spacial score (nSPS) is 9.67. The summed E-state index contributed by atoms with van der Waals surface area (Å²) in [6.07, 6.45) is 2.97. The smallest absolute Gasteiger partial charge is 0.329 e. The van der Waals surface area contributed by atoms with Gasteiger partial charge in [-0.3, -0.25) is 0 Å². The molecule has 0 aromatic carbocycles. The van der Waals surface area contributed by atoms with Crippen molar-refractivity contribution in [2.45, 2.75) is 13.3 Å². The molecule has 0 unspecified atom stereocenters. The van der Waals surface area contributed by atoms with Gasteiger partial charge in [0, 0.05) is 25.4 Å². The zero-order valence-corrected chi connectivity index (χ0v) is 7.03. The number of carboxylic acids is 1. The minimum absolute atomic E-state index is 0.414. The van der Waals surface area contributed by atoms with Crippen LogP contribution < -0.4 is 0 Å². The Morgan fingerprint density at radius 2 is 2.42 bits per heavy atom. The van der Waals surface area contributed by atoms with E-state index < -0.39 is 5.97 Å². The number of rotatable bonds is 5. The summed E-state index contributed by atoms with van der Waals surface area (Å²) in [5, 5.41) is 16.6. The Morgan fingerprint density at radius 3 is 2.83 bits per heavy atom. The molecule has 0 heterocycles. The highest BCUT2D eigenvalue weighted by molar-refractivity contribution is 5.79. The lowest BCUT2D eigenvalue weighted by molar-refractivity contribution is -0.131. The molecule has 0 radical (unpaired) electrons. The zero-order chi connectivity index (χ0) is 9.40. The van der Waals surface area contributed by atoms with Crippen molar-refractivity contribution in [1.29, 1.82) is 5.26 Å². The molecule has 0 spiro atoms. The van der Waals surface area contributed by atoms with Gasteiger partial charge >= 0.3 is 5.97 Å². The number of aliphatic carboxylic acids is 1. The third-order valence-electron chi connectivity index (χ3n) is 1.34. The topological polar surface area (TPSA) is 64.3 Å². The van der Waals surface area contributed by atoms with Gasteiger partial charge in [0.25, 0.3) is 0 Å². The molecule has 0 amide bonds. The van der Waals surface area contributed by atoms with Gasteiger partial charge in [-0.25, -0.2) is 4.79 Å². The molecule has 0 aromatic rings. The van der Waals surface area contributed by atoms with Crippen LogP contribution in [0.1, 0.15) is 13.3 Å². The maximum atomic E-state index is 10.1. The molecule has 0 saturated heterocycles. The second-order valence-electron chi connectivity index (χ2n) is 2.19. The Kier molecular flexibility index (Phi) is 5.45. The van der Waals surface area contributed by atoms with Crippen LogP contribution in [0.2, 0.25) is 0 Å². The van der Waals surface area contributed by atoms with Crippen molar-refractivity contribution in [3.8, 4) is 6.07 Å². The van der Waals surface area contributed by atoms with Crippen molar-refractivity contribution < 1.29 is 9.90 Å². The van der Waals surface area contributed by atoms with E-state index in [1.807, 2.05) is 13.0 Å². The third kappa shape index (κ3) is 5.30. The van der Waals surface area contributed by atoms with Crippen LogP contribution in [0.3, 0.4) is 0 Å². The van der Waals surface area contributed by atoms with E-state index in [0.29, 0.717) is 19.5 Å². The first-order valence-electron chi connectivity index (χ1n) is 3.72. The van der Waals surface area contributed by atoms with Crippen molar-refractivity contribution in [1.82, 2.24) is 4.90 Å². The molecule has 12 heavy (non-hydrogen) atoms. The first kappa shape index (κ1) is 10.5. The van der Waals surface area contributed by atoms with E-state index in [4.69, 9.17) is 10.4 Å². The number of nitrogens with zero attached hydrogens (tertiary/aromatic N) is 2. The van der Waals surface area contributed by atoms with Gasteiger partial charge in [-0.1, -0.05) is 0 Å². The van der Waals surface area contributed by atoms with Crippen molar-refractivity contribution in [2.24, 2.45) is 0 Å². The van der Waals surface area contributed by atoms with E-state index in [2.05, 4.69) is 0 Å². The quantitative estimate of drug-likeness (QED) is 0.617. The van der Waals surface area contributed by atoms with E-state index in [1.165, 1.54) is 6.20 Å². The van der Waals surface area contributed by atoms with Crippen molar-refractivity contribution in [2.75, 3.05) is 13.1 Å². The van der Waals surface area contributed by atoms with Crippen LogP contribution in [0.15, 0.2) is 12.3 Å². The Balaban J connectivity index is 3.83. The maximum Gasteiger partial charge on any atom is 0.329 e. The van der Waals surface area contributed by atoms with Gasteiger partial charge in [-0.15, -0.1) is 0 Å². The van der Waals surface area contributed by atoms with Crippen LogP contribution in [-0.4, -0.2) is 29.1 Å². The van der Waals surface area contributed by atoms with Crippen LogP contribution in [0, 0.1) is 11.3 Å². The molecule has 0 saturated carbocycles. The molecule has 0 aromatic heterocycles. The number of carboxylic acid groups (broad SMARTS) is 1. The van der Waals surface area contributed by atoms with Crippen LogP contribution >= 0.6 is 0 Å². The molecule has 0 rings (SSSR count). The van der Waals surface area contributed by atoms with Crippen molar-refractivity contribution >= 4 is 5.97 Å². The molecule has 4 nitrogen and oxygen atoms in total. The van der Waals surface area contributed by atoms with Crippen molar-refractivity contribution in [3.63, 3.8) is 0 Å². The summed E-state index contributed by atoms with van der Waals surface area (Å²) < 4.78 is 0. The van der Waals surface area contributed by atoms with Gasteiger partial charge in [0.2, 0.25) is 0 Å². The minimum Gasteiger partial charge on any atom is -0.478 e. The van der Waals surface area contributed by atoms with Gasteiger partial charge < -0.3 is 10.0 Å². The third-order valence-corrected chi connectivity index (χ3v) is 1.34. The molecule has 0 aliphatic rings. The van der Waals surface area contributed by atoms with Crippen LogP contribution in [0.25, 0.3) is 0 Å². The van der Waals surface area contributed by atoms with Crippen molar-refractivity contribution in [3.05, 3.63) is 12.3 Å². The lowest BCUT2D eigenvalue weighted by atomic mass is 10.4. The lowest BCUT2D eigenvalue weighted by Crippen LogP contribution is -2.17. The molecule has 1 N–H and O–H groups in total. The Labute approximate surface area is 71.7 Å². The molecule has 0 fully saturated rings. The fourth-order valence-electron chi connectivity index (χ4n) is 0.701. The van der Waals surface area contributed by atoms with E-state index in [0.717, 1.165) is 6.08 Å². The van der Waals surface area contributed by atoms with Crippen LogP contribution in [-0.2, 0) is 4.79 Å². The Morgan fingerprint density at radius 1 is 1.75 bits per heavy atom. The van der Waals surface area contributed by atoms with E-state index in [-0.39, 0.29) is 0 Å². The number of carbonyl (C=O) groups is 1. The maximum absolute atomic E-state index is 10.1. The number of hydrogen-bond donors (Lipinski definition) is 1. The molecular weight excluding hydrogens is 156 g/mol. The van der Waals surface area contributed by atoms with Gasteiger partial charge in [-0.2, -0.15) is 5.26 Å². The Bertz CT molecular complexity index is 206. The standard InChI is InChI=1S/C8H12N2O2/c1-2-10(6-3-5-9)7-4-8(11)12/h4,7H,2-3,6H2,1H3,(H,11,12). The van der Waals surface area contributed by atoms with E-state index in [9.17, 15) is 4.79 Å². The highest BCUT2D eigenvalue weighted by atomic mass is 16.4. The SMILES string of the molecule is CCN(C=CC(=O)O)CCC#N. The molecule has 0 aliphatic heterocycles. The predicted molar refractivity (Wildman–Crippen MR) is 44.3 cm³/mol. The number of nitriles is 1. The monoisotopic (exact) mass is 168 g/mol. The lowest BCUT2D eigenvalue weighted by Gasteiger charge is -2.14. The summed E-state index contributed by atoms with van der Waals surface area (Å²) in [6, 6.07) is 2.00. The molecule has 4 heteroatoms. The highest BCUT2D eigenvalue weighted by Crippen LogP contribution is 1.91. The summed E-state index contributed by atoms with van der Waals surface area (Å²) >= 11 is 0. The average Bonchev–Trinajstić information content (AvgIpc) is 2.05. The highest BCUT2D eigenvalue weighted by Gasteiger charge is 1.95. The summed E-state index contributed by atoms with van der Waals surface area (Å²) in [5.41, 5.74) is 0. The van der Waals surface area contributed by atoms with Gasteiger partial charge in [0.1, 0.15) is 0 Å². The molecular formula is C8H12N2O2. The second-order valence-corrected chi connectivity index (χ2v) is 2.19. The molecule has 0 atom stereocenters. The molecule has 0 bridgehead atoms.